The molecule has 0 aliphatic heterocycles. The summed E-state index contributed by atoms with van der Waals surface area (Å²) in [6.07, 6.45) is 10.2. The molecule has 0 amide bonds. The fraction of sp³-hybridized carbons (Fsp3) is 0.706. The van der Waals surface area contributed by atoms with E-state index in [-0.39, 0.29) is 40.1 Å². The third-order valence-electron chi connectivity index (χ3n) is 11.7. The fourth-order valence-electron chi connectivity index (χ4n) is 9.21. The zero-order chi connectivity index (χ0) is 29.1. The molecule has 0 saturated heterocycles. The van der Waals surface area contributed by atoms with Gasteiger partial charge in [-0.15, -0.1) is 0 Å². The lowest BCUT2D eigenvalue weighted by atomic mass is 9.60. The van der Waals surface area contributed by atoms with Gasteiger partial charge in [0.1, 0.15) is 0 Å². The molecule has 4 aliphatic carbocycles. The molecule has 6 heteroatoms. The van der Waals surface area contributed by atoms with Gasteiger partial charge in [0.25, 0.3) is 0 Å². The number of allylic oxidation sites excluding steroid dienone is 1. The Morgan fingerprint density at radius 3 is 2.45 bits per heavy atom. The predicted octanol–water partition coefficient (Wildman–Crippen LogP) is 6.50. The van der Waals surface area contributed by atoms with E-state index in [2.05, 4.69) is 26.5 Å². The Bertz CT molecular complexity index is 1230. The van der Waals surface area contributed by atoms with Gasteiger partial charge in [0, 0.05) is 12.5 Å². The van der Waals surface area contributed by atoms with Crippen molar-refractivity contribution in [3.05, 3.63) is 54.1 Å². The zero-order valence-corrected chi connectivity index (χ0v) is 25.9. The monoisotopic (exact) mass is 570 g/mol. The largest absolute Gasteiger partial charge is 0.390 e. The number of hydrogen-bond acceptors (Lipinski definition) is 5. The van der Waals surface area contributed by atoms with Crippen LogP contribution >= 0.6 is 0 Å². The molecule has 5 nitrogen and oxygen atoms in total. The van der Waals surface area contributed by atoms with Crippen LogP contribution < -0.4 is 0 Å². The Morgan fingerprint density at radius 1 is 1.18 bits per heavy atom. The van der Waals surface area contributed by atoms with Crippen molar-refractivity contribution >= 4 is 9.84 Å². The van der Waals surface area contributed by atoms with E-state index in [0.717, 1.165) is 38.5 Å². The third-order valence-corrected chi connectivity index (χ3v) is 14.1. The maximum absolute atomic E-state index is 14.1. The number of ether oxygens (including phenoxy) is 1. The molecular formula is C34H50O5S. The molecule has 4 aliphatic rings. The van der Waals surface area contributed by atoms with Gasteiger partial charge in [-0.3, -0.25) is 0 Å². The highest BCUT2D eigenvalue weighted by atomic mass is 32.2. The summed E-state index contributed by atoms with van der Waals surface area (Å²) >= 11 is 0. The smallest absolute Gasteiger partial charge is 0.181 e. The average Bonchev–Trinajstić information content (AvgIpc) is 3.41. The minimum Gasteiger partial charge on any atom is -0.390 e. The van der Waals surface area contributed by atoms with Gasteiger partial charge in [0.2, 0.25) is 0 Å². The zero-order valence-electron chi connectivity index (χ0n) is 25.1. The van der Waals surface area contributed by atoms with Crippen LogP contribution in [0.3, 0.4) is 0 Å². The van der Waals surface area contributed by atoms with Crippen molar-refractivity contribution < 1.29 is 23.4 Å². The first-order valence-electron chi connectivity index (χ1n) is 15.4. The lowest BCUT2D eigenvalue weighted by Gasteiger charge is -2.46. The number of aliphatic hydroxyl groups excluding tert-OH is 1. The van der Waals surface area contributed by atoms with Gasteiger partial charge in [-0.2, -0.15) is 0 Å². The molecular weight excluding hydrogens is 520 g/mol. The number of aliphatic hydroxyl groups is 2. The van der Waals surface area contributed by atoms with Gasteiger partial charge in [0.15, 0.2) is 9.84 Å². The highest BCUT2D eigenvalue weighted by Gasteiger charge is 2.63. The fourth-order valence-corrected chi connectivity index (χ4v) is 11.3. The van der Waals surface area contributed by atoms with Crippen LogP contribution in [0.4, 0.5) is 0 Å². The molecule has 0 heterocycles. The van der Waals surface area contributed by atoms with Crippen molar-refractivity contribution in [2.45, 2.75) is 113 Å². The first-order valence-corrected chi connectivity index (χ1v) is 16.9. The van der Waals surface area contributed by atoms with E-state index in [1.54, 1.807) is 38.1 Å². The van der Waals surface area contributed by atoms with Crippen LogP contribution in [-0.4, -0.2) is 48.8 Å². The number of benzene rings is 1. The molecule has 5 rings (SSSR count). The van der Waals surface area contributed by atoms with E-state index in [9.17, 15) is 18.6 Å². The van der Waals surface area contributed by atoms with Crippen LogP contribution in [0, 0.1) is 34.5 Å². The minimum absolute atomic E-state index is 0.0135. The molecule has 1 aromatic carbocycles. The van der Waals surface area contributed by atoms with E-state index < -0.39 is 26.8 Å². The Labute approximate surface area is 242 Å². The van der Waals surface area contributed by atoms with Gasteiger partial charge in [-0.05, 0) is 113 Å². The summed E-state index contributed by atoms with van der Waals surface area (Å²) in [5.74, 6) is 1.15. The molecule has 222 valence electrons. The van der Waals surface area contributed by atoms with E-state index >= 15 is 0 Å². The van der Waals surface area contributed by atoms with Crippen LogP contribution in [0.5, 0.6) is 0 Å². The molecule has 4 fully saturated rings. The van der Waals surface area contributed by atoms with Gasteiger partial charge >= 0.3 is 0 Å². The number of methoxy groups -OCH3 is 1. The maximum Gasteiger partial charge on any atom is 0.181 e. The molecule has 0 aromatic heterocycles. The number of rotatable bonds is 10. The lowest BCUT2D eigenvalue weighted by molar-refractivity contribution is -0.0547. The molecule has 0 bridgehead atoms. The first kappa shape index (κ1) is 30.0. The summed E-state index contributed by atoms with van der Waals surface area (Å²) in [6, 6.07) is 8.62. The van der Waals surface area contributed by atoms with Crippen LogP contribution in [-0.2, 0) is 14.6 Å². The second kappa shape index (κ2) is 10.7. The highest BCUT2D eigenvalue weighted by Crippen LogP contribution is 2.69. The molecule has 0 radical (unpaired) electrons. The topological polar surface area (TPSA) is 83.8 Å². The van der Waals surface area contributed by atoms with Crippen molar-refractivity contribution in [2.75, 3.05) is 7.11 Å². The van der Waals surface area contributed by atoms with E-state index in [1.165, 1.54) is 24.0 Å². The summed E-state index contributed by atoms with van der Waals surface area (Å²) in [5, 5.41) is 20.7. The Balaban J connectivity index is 1.45. The Kier molecular flexibility index (Phi) is 8.00. The second-order valence-corrected chi connectivity index (χ2v) is 16.4. The summed E-state index contributed by atoms with van der Waals surface area (Å²) < 4.78 is 34.3. The molecule has 2 N–H and O–H groups in total. The van der Waals surface area contributed by atoms with E-state index in [0.29, 0.717) is 11.8 Å². The standard InChI is InChI=1S/C34H50O5S/c1-22-14-15-25-21-34(22,25)31(39-6)19-24-11-10-18-33(5)27(16-17-28(24)33)23(2)29(20-30(35)32(3,4)36)40(37,38)26-12-8-7-9-13-26/h7-9,12-13,19,23,25,27-31,35-36H,1,10-11,14-18,20-21H2,2-6H3/b24-19+/t23-,25+,27+,28-,29-,30+,31+,33+,34-/m0/s1. The SMILES string of the molecule is C=C1CC[C@@H]2C[C@]12[C@@H](/C=C1\CCC[C@]2(C)[C@@H]([C@H](C)[C@H](C[C@@H](O)C(C)(C)O)S(=O)(=O)c3ccccc3)CC[C@@H]12)OC. The molecule has 0 unspecified atom stereocenters. The molecule has 0 spiro atoms. The van der Waals surface area contributed by atoms with Gasteiger partial charge in [-0.1, -0.05) is 55.8 Å². The molecule has 9 atom stereocenters. The number of hydrogen-bond donors (Lipinski definition) is 2. The van der Waals surface area contributed by atoms with Crippen LogP contribution in [0.25, 0.3) is 0 Å². The van der Waals surface area contributed by atoms with Crippen molar-refractivity contribution in [3.8, 4) is 0 Å². The van der Waals surface area contributed by atoms with E-state index in [1.807, 2.05) is 13.2 Å². The van der Waals surface area contributed by atoms with Crippen molar-refractivity contribution in [1.82, 2.24) is 0 Å². The number of fused-ring (bicyclic) bond motifs is 2. The van der Waals surface area contributed by atoms with Gasteiger partial charge < -0.3 is 14.9 Å². The lowest BCUT2D eigenvalue weighted by Crippen LogP contribution is -2.46. The summed E-state index contributed by atoms with van der Waals surface area (Å²) in [4.78, 5) is 0.289. The molecule has 1 aromatic rings. The first-order chi connectivity index (χ1) is 18.8. The van der Waals surface area contributed by atoms with Gasteiger partial charge in [0.05, 0.1) is 28.0 Å². The summed E-state index contributed by atoms with van der Waals surface area (Å²) in [7, 11) is -1.89. The van der Waals surface area contributed by atoms with Crippen LogP contribution in [0.1, 0.15) is 85.5 Å². The van der Waals surface area contributed by atoms with Crippen LogP contribution in [0.2, 0.25) is 0 Å². The molecule has 4 saturated carbocycles. The average molecular weight is 571 g/mol. The maximum atomic E-state index is 14.1. The highest BCUT2D eigenvalue weighted by molar-refractivity contribution is 7.92. The van der Waals surface area contributed by atoms with Crippen LogP contribution in [0.15, 0.2) is 59.0 Å². The van der Waals surface area contributed by atoms with Crippen molar-refractivity contribution in [1.29, 1.82) is 0 Å². The van der Waals surface area contributed by atoms with Crippen molar-refractivity contribution in [3.63, 3.8) is 0 Å². The minimum atomic E-state index is -3.73. The number of sulfone groups is 1. The normalized spacial score (nSPS) is 36.1. The molecule has 40 heavy (non-hydrogen) atoms. The summed E-state index contributed by atoms with van der Waals surface area (Å²) in [6.45, 7) is 12.0. The Hall–Kier alpha value is -1.47. The van der Waals surface area contributed by atoms with Gasteiger partial charge in [-0.25, -0.2) is 8.42 Å². The second-order valence-electron chi connectivity index (χ2n) is 14.2. The predicted molar refractivity (Wildman–Crippen MR) is 159 cm³/mol. The third kappa shape index (κ3) is 4.95. The Morgan fingerprint density at radius 2 is 1.88 bits per heavy atom. The van der Waals surface area contributed by atoms with E-state index in [4.69, 9.17) is 4.74 Å². The quantitative estimate of drug-likeness (QED) is 0.314. The summed E-state index contributed by atoms with van der Waals surface area (Å²) in [5.41, 5.74) is 1.58. The van der Waals surface area contributed by atoms with Crippen molar-refractivity contribution in [2.24, 2.45) is 34.5 Å².